The van der Waals surface area contributed by atoms with Crippen LogP contribution in [0.5, 0.6) is 0 Å². The van der Waals surface area contributed by atoms with Crippen LogP contribution in [-0.2, 0) is 11.6 Å². The Hall–Kier alpha value is -3.12. The third-order valence-electron chi connectivity index (χ3n) is 4.45. The Bertz CT molecular complexity index is 1130. The van der Waals surface area contributed by atoms with Crippen molar-refractivity contribution in [2.24, 2.45) is 12.2 Å². The minimum Gasteiger partial charge on any atom is -0.355 e. The lowest BCUT2D eigenvalue weighted by Gasteiger charge is -2.11. The summed E-state index contributed by atoms with van der Waals surface area (Å²) >= 11 is 0. The number of hydrogen-bond acceptors (Lipinski definition) is 7. The van der Waals surface area contributed by atoms with Gasteiger partial charge in [0.05, 0.1) is 22.4 Å². The van der Waals surface area contributed by atoms with Gasteiger partial charge in [0.15, 0.2) is 11.6 Å². The summed E-state index contributed by atoms with van der Waals surface area (Å²) in [4.78, 5) is 27.0. The van der Waals surface area contributed by atoms with Crippen molar-refractivity contribution < 1.29 is 9.36 Å². The van der Waals surface area contributed by atoms with Crippen LogP contribution >= 0.6 is 7.14 Å². The number of carbonyl (C=O) groups is 1. The van der Waals surface area contributed by atoms with E-state index in [1.807, 2.05) is 30.3 Å². The van der Waals surface area contributed by atoms with Crippen LogP contribution in [0.25, 0.3) is 11.3 Å². The molecule has 3 aromatic rings. The molecule has 0 unspecified atom stereocenters. The molecule has 0 atom stereocenters. The van der Waals surface area contributed by atoms with Gasteiger partial charge in [0.25, 0.3) is 0 Å². The Balaban J connectivity index is 1.99. The molecule has 0 fully saturated rings. The van der Waals surface area contributed by atoms with Crippen LogP contribution in [0.1, 0.15) is 23.7 Å². The number of nitrogens with one attached hydrogen (secondary N) is 1. The van der Waals surface area contributed by atoms with Gasteiger partial charge in [-0.3, -0.25) is 9.48 Å². The highest BCUT2D eigenvalue weighted by Crippen LogP contribution is 2.36. The van der Waals surface area contributed by atoms with E-state index >= 15 is 0 Å². The van der Waals surface area contributed by atoms with Crippen molar-refractivity contribution in [3.63, 3.8) is 0 Å². The van der Waals surface area contributed by atoms with E-state index in [2.05, 4.69) is 20.6 Å². The van der Waals surface area contributed by atoms with Crippen LogP contribution in [0.3, 0.4) is 0 Å². The van der Waals surface area contributed by atoms with Gasteiger partial charge in [-0.25, -0.2) is 4.98 Å². The van der Waals surface area contributed by atoms with Gasteiger partial charge in [0.1, 0.15) is 7.14 Å². The number of pyridine rings is 1. The monoisotopic (exact) mass is 411 g/mol. The number of Topliss-reactive ketones (excluding diaryl/α,β-unsaturated/α-hetero) is 1. The molecule has 1 N–H and O–H groups in total. The molecule has 0 radical (unpaired) electrons. The van der Waals surface area contributed by atoms with Gasteiger partial charge in [-0.2, -0.15) is 5.10 Å². The minimum atomic E-state index is -2.45. The molecule has 0 bridgehead atoms. The number of aromatic nitrogens is 3. The van der Waals surface area contributed by atoms with Crippen LogP contribution in [0.4, 0.5) is 17.2 Å². The highest BCUT2D eigenvalue weighted by atomic mass is 31.2. The zero-order chi connectivity index (χ0) is 21.2. The topological polar surface area (TPSA) is 106 Å². The number of ketones is 1. The number of rotatable bonds is 7. The standard InChI is InChI=1S/C20H22N5O3P/c1-5-18(26)15-12-21-19(24-27)10-17(15)22-14-8-6-7-13(9-14)16-11-20(25(2)23-16)29(3,4)28/h6-12H,5H2,1-4H3,(H,21,22). The van der Waals surface area contributed by atoms with Gasteiger partial charge in [-0.15, -0.1) is 4.91 Å². The van der Waals surface area contributed by atoms with E-state index in [0.29, 0.717) is 34.5 Å². The van der Waals surface area contributed by atoms with E-state index in [-0.39, 0.29) is 11.6 Å². The quantitative estimate of drug-likeness (QED) is 0.349. The molecule has 1 aromatic carbocycles. The van der Waals surface area contributed by atoms with E-state index in [1.165, 1.54) is 12.3 Å². The van der Waals surface area contributed by atoms with Crippen molar-refractivity contribution in [3.05, 3.63) is 53.1 Å². The van der Waals surface area contributed by atoms with E-state index < -0.39 is 7.14 Å². The summed E-state index contributed by atoms with van der Waals surface area (Å²) in [5.74, 6) is -0.100. The van der Waals surface area contributed by atoms with Crippen molar-refractivity contribution >= 4 is 35.6 Å². The first-order valence-electron chi connectivity index (χ1n) is 9.06. The molecule has 3 rings (SSSR count). The lowest BCUT2D eigenvalue weighted by Crippen LogP contribution is -2.13. The molecule has 0 aliphatic rings. The molecule has 0 saturated carbocycles. The first kappa shape index (κ1) is 20.6. The second-order valence-electron chi connectivity index (χ2n) is 7.02. The van der Waals surface area contributed by atoms with Crippen LogP contribution in [0, 0.1) is 4.91 Å². The smallest absolute Gasteiger partial charge is 0.198 e. The predicted molar refractivity (Wildman–Crippen MR) is 115 cm³/mol. The summed E-state index contributed by atoms with van der Waals surface area (Å²) in [6, 6.07) is 10.7. The maximum Gasteiger partial charge on any atom is 0.198 e. The first-order chi connectivity index (χ1) is 13.7. The molecular formula is C20H22N5O3P. The molecular weight excluding hydrogens is 389 g/mol. The average Bonchev–Trinajstić information content (AvgIpc) is 3.10. The molecule has 29 heavy (non-hydrogen) atoms. The number of anilines is 2. The van der Waals surface area contributed by atoms with Gasteiger partial charge in [-0.1, -0.05) is 19.1 Å². The van der Waals surface area contributed by atoms with Crippen LogP contribution < -0.4 is 10.8 Å². The van der Waals surface area contributed by atoms with Crippen LogP contribution in [0.15, 0.2) is 47.8 Å². The summed E-state index contributed by atoms with van der Waals surface area (Å²) in [5.41, 5.74) is 3.79. The lowest BCUT2D eigenvalue weighted by molar-refractivity contribution is 0.0988. The van der Waals surface area contributed by atoms with Crippen LogP contribution in [-0.4, -0.2) is 33.9 Å². The molecule has 0 aliphatic heterocycles. The third-order valence-corrected chi connectivity index (χ3v) is 5.97. The average molecular weight is 411 g/mol. The fourth-order valence-electron chi connectivity index (χ4n) is 3.02. The molecule has 0 spiro atoms. The highest BCUT2D eigenvalue weighted by molar-refractivity contribution is 7.69. The molecule has 150 valence electrons. The van der Waals surface area contributed by atoms with Gasteiger partial charge in [0.2, 0.25) is 0 Å². The molecule has 0 saturated heterocycles. The first-order valence-corrected chi connectivity index (χ1v) is 11.7. The van der Waals surface area contributed by atoms with Crippen molar-refractivity contribution in [2.45, 2.75) is 13.3 Å². The number of aryl methyl sites for hydroxylation is 1. The van der Waals surface area contributed by atoms with Gasteiger partial charge in [0, 0.05) is 37.0 Å². The normalized spacial score (nSPS) is 11.3. The van der Waals surface area contributed by atoms with E-state index in [9.17, 15) is 14.3 Å². The number of nitroso groups, excluding NO2 is 1. The Labute approximate surface area is 168 Å². The Morgan fingerprint density at radius 3 is 2.62 bits per heavy atom. The van der Waals surface area contributed by atoms with Crippen molar-refractivity contribution in [3.8, 4) is 11.3 Å². The Morgan fingerprint density at radius 2 is 2.00 bits per heavy atom. The fourth-order valence-corrected chi connectivity index (χ4v) is 4.20. The summed E-state index contributed by atoms with van der Waals surface area (Å²) < 4.78 is 14.1. The van der Waals surface area contributed by atoms with E-state index in [4.69, 9.17) is 0 Å². The van der Waals surface area contributed by atoms with Crippen LogP contribution in [0.2, 0.25) is 0 Å². The molecule has 8 nitrogen and oxygen atoms in total. The Morgan fingerprint density at radius 1 is 1.24 bits per heavy atom. The highest BCUT2D eigenvalue weighted by Gasteiger charge is 2.18. The second-order valence-corrected chi connectivity index (χ2v) is 10.2. The van der Waals surface area contributed by atoms with Gasteiger partial charge < -0.3 is 9.88 Å². The van der Waals surface area contributed by atoms with Gasteiger partial charge >= 0.3 is 0 Å². The summed E-state index contributed by atoms with van der Waals surface area (Å²) in [6.45, 7) is 5.18. The number of nitrogens with zero attached hydrogens (tertiary/aromatic N) is 4. The summed E-state index contributed by atoms with van der Waals surface area (Å²) in [5, 5.41) is 10.5. The molecule has 2 aromatic heterocycles. The molecule has 9 heteroatoms. The van der Waals surface area contributed by atoms with Gasteiger partial charge in [-0.05, 0) is 36.7 Å². The van der Waals surface area contributed by atoms with E-state index in [1.54, 1.807) is 32.0 Å². The predicted octanol–water partition coefficient (Wildman–Crippen LogP) is 4.46. The number of carbonyl (C=O) groups excluding carboxylic acids is 1. The van der Waals surface area contributed by atoms with Crippen molar-refractivity contribution in [2.75, 3.05) is 18.6 Å². The zero-order valence-electron chi connectivity index (χ0n) is 16.7. The fraction of sp³-hybridized carbons (Fsp3) is 0.250. The Kier molecular flexibility index (Phi) is 5.75. The van der Waals surface area contributed by atoms with E-state index in [0.717, 1.165) is 5.56 Å². The maximum atomic E-state index is 12.4. The largest absolute Gasteiger partial charge is 0.355 e. The lowest BCUT2D eigenvalue weighted by atomic mass is 10.1. The van der Waals surface area contributed by atoms with Crippen molar-refractivity contribution in [1.82, 2.24) is 14.8 Å². The third kappa shape index (κ3) is 4.49. The number of hydrogen-bond donors (Lipinski definition) is 1. The second kappa shape index (κ2) is 8.09. The summed E-state index contributed by atoms with van der Waals surface area (Å²) in [6.07, 6.45) is 1.68. The minimum absolute atomic E-state index is 0.00711. The zero-order valence-corrected chi connectivity index (χ0v) is 17.6. The summed E-state index contributed by atoms with van der Waals surface area (Å²) in [7, 11) is -0.680. The van der Waals surface area contributed by atoms with Crippen molar-refractivity contribution in [1.29, 1.82) is 0 Å². The SMILES string of the molecule is CCC(=O)c1cnc(N=O)cc1Nc1cccc(-c2cc(P(C)(C)=O)n(C)n2)c1. The molecule has 0 aliphatic carbocycles. The molecule has 0 amide bonds. The molecule has 2 heterocycles. The maximum absolute atomic E-state index is 12.4. The number of benzene rings is 1.